The summed E-state index contributed by atoms with van der Waals surface area (Å²) in [6.45, 7) is 13.2. The summed E-state index contributed by atoms with van der Waals surface area (Å²) in [5.41, 5.74) is 0. The first-order valence-electron chi connectivity index (χ1n) is 16.8. The molecule has 0 atom stereocenters. The topological polar surface area (TPSA) is 118 Å². The number of aliphatic hydroxyl groups is 1. The van der Waals surface area contributed by atoms with Crippen molar-refractivity contribution in [1.82, 2.24) is 0 Å². The van der Waals surface area contributed by atoms with Gasteiger partial charge in [0.15, 0.2) is 0 Å². The van der Waals surface area contributed by atoms with Crippen LogP contribution in [0.4, 0.5) is 0 Å². The minimum atomic E-state index is -0.218. The summed E-state index contributed by atoms with van der Waals surface area (Å²) in [5, 5.41) is 7.00. The molecule has 2 radical (unpaired) electrons. The van der Waals surface area contributed by atoms with Gasteiger partial charge in [0.2, 0.25) is 17.3 Å². The number of carbonyl (C=O) groups excluding carboxylic acids is 3. The fourth-order valence-electron chi connectivity index (χ4n) is 1.54. The number of terminal acetylenes is 3. The Morgan fingerprint density at radius 3 is 0.684 bits per heavy atom. The second-order valence-corrected chi connectivity index (χ2v) is 8.75. The quantitative estimate of drug-likeness (QED) is 0.0817. The van der Waals surface area contributed by atoms with Gasteiger partial charge in [-0.2, -0.15) is 0 Å². The molecule has 318 valence electrons. The van der Waals surface area contributed by atoms with Crippen LogP contribution in [0.5, 0.6) is 0 Å². The maximum atomic E-state index is 9.94. The maximum absolute atomic E-state index is 9.94. The molecule has 3 aromatic carbocycles. The van der Waals surface area contributed by atoms with Crippen LogP contribution in [0.25, 0.3) is 0 Å². The van der Waals surface area contributed by atoms with E-state index in [1.807, 2.05) is 134 Å². The van der Waals surface area contributed by atoms with E-state index in [2.05, 4.69) is 56.8 Å². The second-order valence-electron chi connectivity index (χ2n) is 8.75. The van der Waals surface area contributed by atoms with Gasteiger partial charge in [-0.15, -0.1) is 19.3 Å². The number of carbonyl (C=O) groups is 3. The summed E-state index contributed by atoms with van der Waals surface area (Å²) < 4.78 is 22.8. The summed E-state index contributed by atoms with van der Waals surface area (Å²) in [5.74, 6) is 5.19. The zero-order valence-electron chi connectivity index (χ0n) is 37.2. The predicted molar refractivity (Wildman–Crippen MR) is 233 cm³/mol. The Hall–Kier alpha value is -2.68. The van der Waals surface area contributed by atoms with E-state index >= 15 is 0 Å². The third-order valence-electron chi connectivity index (χ3n) is 3.90. The van der Waals surface area contributed by atoms with E-state index in [0.29, 0.717) is 26.4 Å². The molecule has 0 saturated carbocycles. The first-order valence-corrected chi connectivity index (χ1v) is 16.8. The average molecular weight is 948 g/mol. The molecule has 0 bridgehead atoms. The first-order chi connectivity index (χ1) is 26.0. The first kappa shape index (κ1) is 82.3. The number of rotatable bonds is 7. The molecular weight excluding hydrogens is 874 g/mol. The Bertz CT molecular complexity index is 977. The molecule has 0 unspecified atom stereocenters. The summed E-state index contributed by atoms with van der Waals surface area (Å²) in [7, 11) is 9.16. The Balaban J connectivity index is -0.0000000456. The fraction of sp³-hybridized carbons (Fsp3) is 0.391. The largest absolute Gasteiger partial charge is 0.400 e. The van der Waals surface area contributed by atoms with Crippen molar-refractivity contribution in [2.45, 2.75) is 54.4 Å². The van der Waals surface area contributed by atoms with Crippen LogP contribution in [0, 0.1) is 44.5 Å². The fourth-order valence-corrected chi connectivity index (χ4v) is 1.54. The van der Waals surface area contributed by atoms with Crippen LogP contribution in [0.15, 0.2) is 109 Å². The number of Topliss-reactive ketones (excluding diaryl/α,β-unsaturated/α-hetero) is 3. The molecule has 3 aromatic rings. The number of ether oxygens (including phenoxy) is 5. The van der Waals surface area contributed by atoms with Gasteiger partial charge in [-0.1, -0.05) is 136 Å². The summed E-state index contributed by atoms with van der Waals surface area (Å²) in [6, 6.07) is 36.0. The summed E-state index contributed by atoms with van der Waals surface area (Å²) in [6.07, 6.45) is 15.5. The van der Waals surface area contributed by atoms with Crippen LogP contribution < -0.4 is 0 Å². The van der Waals surface area contributed by atoms with Crippen LogP contribution in [-0.4, -0.2) is 91.7 Å². The minimum Gasteiger partial charge on any atom is -0.400 e. The van der Waals surface area contributed by atoms with Gasteiger partial charge >= 0.3 is 0 Å². The molecule has 0 saturated heterocycles. The van der Waals surface area contributed by atoms with Gasteiger partial charge in [-0.05, 0) is 24.7 Å². The minimum absolute atomic E-state index is 0. The number of ketones is 3. The Kier molecular flexibility index (Phi) is 143. The monoisotopic (exact) mass is 947 g/mol. The van der Waals surface area contributed by atoms with Gasteiger partial charge in [-0.3, -0.25) is 14.4 Å². The zero-order valence-corrected chi connectivity index (χ0v) is 42.9. The second kappa shape index (κ2) is 99.4. The molecule has 0 heterocycles. The van der Waals surface area contributed by atoms with E-state index in [-0.39, 0.29) is 90.2 Å². The zero-order chi connectivity index (χ0) is 43.4. The predicted octanol–water partition coefficient (Wildman–Crippen LogP) is 8.71. The third-order valence-corrected chi connectivity index (χ3v) is 3.90. The van der Waals surface area contributed by atoms with E-state index < -0.39 is 0 Å². The van der Waals surface area contributed by atoms with Crippen molar-refractivity contribution >= 4 is 17.3 Å². The smallest absolute Gasteiger partial charge is 0.204 e. The number of benzene rings is 3. The summed E-state index contributed by atoms with van der Waals surface area (Å²) in [4.78, 5) is 29.1. The van der Waals surface area contributed by atoms with E-state index in [1.165, 1.54) is 20.3 Å². The molecule has 0 aromatic heterocycles. The number of methoxy groups -OCH3 is 5. The number of aliphatic hydroxyl groups excluding tert-OH is 1. The molecule has 3 rings (SSSR count). The van der Waals surface area contributed by atoms with Crippen molar-refractivity contribution in [3.8, 4) is 37.0 Å². The van der Waals surface area contributed by atoms with Crippen molar-refractivity contribution in [3.05, 3.63) is 117 Å². The van der Waals surface area contributed by atoms with Gasteiger partial charge in [0.1, 0.15) is 6.79 Å². The van der Waals surface area contributed by atoms with Gasteiger partial charge in [-0.25, -0.2) is 0 Å². The van der Waals surface area contributed by atoms with Crippen molar-refractivity contribution < 1.29 is 109 Å². The standard InChI is InChI=1S/3C6H6.C5H6O.C4H10O2.2C4H4O.C3H8O2.C3H8O.C3H8.CH4O.CH3.2Y/c3*1-2-4-6-5-3-1;1-3-5(6)4-2;1-5-3-4-6-2;2*1-3-4(2)5;1-4-3-5-2;1-3-4-2;1-3-2;1-2;;;/h3*1-6H;1H,4H2,2H3;3-4H2,1-2H3;2*1H,2H3;3H2,1-2H3;3H2,1-2H3;3H2,1-2H3;2H,1H3;1H3;;/q;;;;;;;;;;;-1;;. The van der Waals surface area contributed by atoms with Crippen LogP contribution >= 0.6 is 0 Å². The van der Waals surface area contributed by atoms with Crippen LogP contribution in [-0.2, 0) is 103 Å². The number of hydrogen-bond acceptors (Lipinski definition) is 9. The van der Waals surface area contributed by atoms with Crippen LogP contribution in [0.1, 0.15) is 54.4 Å². The SMILES string of the molecule is C#CC(=O)CC.C#CC(C)=O.C#CC(C)=O.CCC.CCOC.CO.COCCOC.COCOC.[CH3-].[Y].[Y].c1ccccc1.c1ccccc1.c1ccccc1. The van der Waals surface area contributed by atoms with E-state index in [9.17, 15) is 14.4 Å². The molecule has 1 N–H and O–H groups in total. The van der Waals surface area contributed by atoms with Crippen molar-refractivity contribution in [3.63, 3.8) is 0 Å². The van der Waals surface area contributed by atoms with Gasteiger partial charge in [0.25, 0.3) is 0 Å². The molecule has 11 heteroatoms. The van der Waals surface area contributed by atoms with Crippen LogP contribution in [0.2, 0.25) is 0 Å². The molecule has 0 aliphatic rings. The summed E-state index contributed by atoms with van der Waals surface area (Å²) >= 11 is 0. The molecule has 0 aliphatic carbocycles. The molecular formula is C46H73O9Y2-. The van der Waals surface area contributed by atoms with Gasteiger partial charge in [0, 0.05) is 135 Å². The van der Waals surface area contributed by atoms with E-state index in [1.54, 1.807) is 42.5 Å². The number of hydrogen-bond donors (Lipinski definition) is 1. The van der Waals surface area contributed by atoms with Crippen LogP contribution in [0.3, 0.4) is 0 Å². The normalized spacial score (nSPS) is 6.84. The van der Waals surface area contributed by atoms with Gasteiger partial charge < -0.3 is 36.2 Å². The third kappa shape index (κ3) is 163. The Morgan fingerprint density at radius 1 is 0.474 bits per heavy atom. The van der Waals surface area contributed by atoms with E-state index in [0.717, 1.165) is 13.7 Å². The Morgan fingerprint density at radius 2 is 0.649 bits per heavy atom. The average Bonchev–Trinajstić information content (AvgIpc) is 3.24. The molecule has 57 heavy (non-hydrogen) atoms. The van der Waals surface area contributed by atoms with Crippen molar-refractivity contribution in [2.24, 2.45) is 0 Å². The van der Waals surface area contributed by atoms with Gasteiger partial charge in [0.05, 0.1) is 13.2 Å². The molecule has 9 nitrogen and oxygen atoms in total. The van der Waals surface area contributed by atoms with E-state index in [4.69, 9.17) is 5.11 Å². The Labute approximate surface area is 399 Å². The molecule has 0 aliphatic heterocycles. The van der Waals surface area contributed by atoms with Crippen molar-refractivity contribution in [1.29, 1.82) is 0 Å². The molecule has 0 amide bonds. The van der Waals surface area contributed by atoms with Crippen molar-refractivity contribution in [2.75, 3.05) is 69.3 Å². The molecule has 0 spiro atoms. The molecule has 0 fully saturated rings. The maximum Gasteiger partial charge on any atom is 0.204 e.